The number of hydrogen-bond acceptors (Lipinski definition) is 4. The number of halogens is 3. The van der Waals surface area contributed by atoms with Crippen molar-refractivity contribution in [1.82, 2.24) is 15.6 Å². The second-order valence-corrected chi connectivity index (χ2v) is 7.13. The summed E-state index contributed by atoms with van der Waals surface area (Å²) in [4.78, 5) is 17.6. The van der Waals surface area contributed by atoms with Gasteiger partial charge in [0.1, 0.15) is 5.03 Å². The summed E-state index contributed by atoms with van der Waals surface area (Å²) in [6.45, 7) is 2.69. The van der Waals surface area contributed by atoms with Gasteiger partial charge in [0, 0.05) is 41.1 Å². The van der Waals surface area contributed by atoms with Crippen LogP contribution in [-0.4, -0.2) is 30.5 Å². The first-order chi connectivity index (χ1) is 10.7. The minimum Gasteiger partial charge on any atom is -0.352 e. The molecule has 0 unspecified atom stereocenters. The van der Waals surface area contributed by atoms with E-state index in [-0.39, 0.29) is 30.7 Å². The number of hydrogen-bond donors (Lipinski definition) is 2. The Morgan fingerprint density at radius 3 is 2.62 bits per heavy atom. The summed E-state index contributed by atoms with van der Waals surface area (Å²) in [5.74, 6) is 0.531. The van der Waals surface area contributed by atoms with Crippen molar-refractivity contribution >= 4 is 58.4 Å². The molecule has 4 nitrogen and oxygen atoms in total. The van der Waals surface area contributed by atoms with Crippen molar-refractivity contribution < 1.29 is 4.79 Å². The molecule has 1 amide bonds. The lowest BCUT2D eigenvalue weighted by Gasteiger charge is -2.27. The first kappa shape index (κ1) is 21.3. The Hall–Kier alpha value is -0.790. The smallest absolute Gasteiger partial charge is 0.252 e. The lowest BCUT2D eigenvalue weighted by molar-refractivity contribution is 0.0939. The fourth-order valence-electron chi connectivity index (χ4n) is 2.10. The Bertz CT molecular complexity index is 669. The molecule has 1 fully saturated rings. The zero-order chi connectivity index (χ0) is 15.4. The summed E-state index contributed by atoms with van der Waals surface area (Å²) in [5, 5.41) is 7.09. The van der Waals surface area contributed by atoms with Crippen LogP contribution in [0.25, 0.3) is 0 Å². The van der Waals surface area contributed by atoms with Crippen LogP contribution in [0.15, 0.2) is 57.0 Å². The fraction of sp³-hybridized carbons (Fsp3) is 0.250. The molecule has 1 saturated heterocycles. The highest BCUT2D eigenvalue weighted by Crippen LogP contribution is 2.29. The molecule has 0 atom stereocenters. The lowest BCUT2D eigenvalue weighted by atomic mass is 10.0. The monoisotopic (exact) mass is 449 g/mol. The van der Waals surface area contributed by atoms with Gasteiger partial charge in [-0.25, -0.2) is 4.98 Å². The molecular formula is C16H18BrCl2N3OS. The molecular weight excluding hydrogens is 433 g/mol. The zero-order valence-electron chi connectivity index (χ0n) is 12.7. The molecule has 1 aromatic carbocycles. The molecule has 0 spiro atoms. The van der Waals surface area contributed by atoms with Gasteiger partial charge in [-0.3, -0.25) is 4.79 Å². The number of nitrogens with one attached hydrogen (secondary N) is 2. The van der Waals surface area contributed by atoms with Crippen LogP contribution < -0.4 is 10.6 Å². The van der Waals surface area contributed by atoms with Crippen LogP contribution in [0.4, 0.5) is 0 Å². The number of aromatic nitrogens is 1. The van der Waals surface area contributed by atoms with Crippen molar-refractivity contribution in [1.29, 1.82) is 0 Å². The summed E-state index contributed by atoms with van der Waals surface area (Å²) in [6.07, 6.45) is 1.76. The van der Waals surface area contributed by atoms with Gasteiger partial charge in [0.2, 0.25) is 0 Å². The van der Waals surface area contributed by atoms with Crippen molar-refractivity contribution in [3.05, 3.63) is 52.6 Å². The molecule has 2 heterocycles. The largest absolute Gasteiger partial charge is 0.352 e. The van der Waals surface area contributed by atoms with Crippen LogP contribution in [-0.2, 0) is 0 Å². The summed E-state index contributed by atoms with van der Waals surface area (Å²) >= 11 is 4.87. The highest BCUT2D eigenvalue weighted by atomic mass is 79.9. The molecule has 1 aliphatic rings. The van der Waals surface area contributed by atoms with Crippen LogP contribution in [0.2, 0.25) is 0 Å². The van der Waals surface area contributed by atoms with E-state index in [1.54, 1.807) is 6.20 Å². The van der Waals surface area contributed by atoms with Gasteiger partial charge in [0.05, 0.1) is 5.56 Å². The Kier molecular flexibility index (Phi) is 9.08. The standard InChI is InChI=1S/C16H16BrN3OS.2ClH/c17-12-5-6-15(19-10-12)22-14-4-2-1-3-13(14)16(21)20-9-11-7-18-8-11;;/h1-6,10-11,18H,7-9H2,(H,20,21);2*1H. The van der Waals surface area contributed by atoms with Gasteiger partial charge in [0.15, 0.2) is 0 Å². The quantitative estimate of drug-likeness (QED) is 0.727. The van der Waals surface area contributed by atoms with E-state index in [1.165, 1.54) is 11.8 Å². The highest BCUT2D eigenvalue weighted by Gasteiger charge is 2.18. The van der Waals surface area contributed by atoms with Crippen molar-refractivity contribution in [2.75, 3.05) is 19.6 Å². The molecule has 1 aromatic heterocycles. The Morgan fingerprint density at radius 2 is 2.00 bits per heavy atom. The molecule has 0 aliphatic carbocycles. The van der Waals surface area contributed by atoms with E-state index in [2.05, 4.69) is 31.5 Å². The Balaban J connectivity index is 0.00000144. The van der Waals surface area contributed by atoms with Gasteiger partial charge < -0.3 is 10.6 Å². The van der Waals surface area contributed by atoms with Gasteiger partial charge in [0.25, 0.3) is 5.91 Å². The number of pyridine rings is 1. The van der Waals surface area contributed by atoms with Crippen LogP contribution in [0.3, 0.4) is 0 Å². The number of nitrogens with zero attached hydrogens (tertiary/aromatic N) is 1. The summed E-state index contributed by atoms with van der Waals surface area (Å²) in [7, 11) is 0. The third-order valence-electron chi connectivity index (χ3n) is 3.46. The number of amides is 1. The van der Waals surface area contributed by atoms with E-state index in [4.69, 9.17) is 0 Å². The molecule has 130 valence electrons. The molecule has 24 heavy (non-hydrogen) atoms. The van der Waals surface area contributed by atoms with Gasteiger partial charge in [-0.1, -0.05) is 23.9 Å². The van der Waals surface area contributed by atoms with Crippen LogP contribution in [0.5, 0.6) is 0 Å². The van der Waals surface area contributed by atoms with E-state index < -0.39 is 0 Å². The average molecular weight is 451 g/mol. The van der Waals surface area contributed by atoms with Crippen LogP contribution >= 0.6 is 52.5 Å². The summed E-state index contributed by atoms with van der Waals surface area (Å²) in [6, 6.07) is 11.5. The summed E-state index contributed by atoms with van der Waals surface area (Å²) in [5.41, 5.74) is 0.699. The van der Waals surface area contributed by atoms with Crippen molar-refractivity contribution in [3.8, 4) is 0 Å². The van der Waals surface area contributed by atoms with E-state index >= 15 is 0 Å². The van der Waals surface area contributed by atoms with E-state index in [0.717, 1.165) is 34.0 Å². The maximum absolute atomic E-state index is 12.4. The molecule has 0 saturated carbocycles. The fourth-order valence-corrected chi connectivity index (χ4v) is 3.22. The Morgan fingerprint density at radius 1 is 1.25 bits per heavy atom. The topological polar surface area (TPSA) is 54.0 Å². The first-order valence-electron chi connectivity index (χ1n) is 7.10. The number of benzene rings is 1. The number of rotatable bonds is 5. The second kappa shape index (κ2) is 10.3. The van der Waals surface area contributed by atoms with Crippen LogP contribution in [0, 0.1) is 5.92 Å². The zero-order valence-corrected chi connectivity index (χ0v) is 16.7. The number of carbonyl (C=O) groups is 1. The van der Waals surface area contributed by atoms with E-state index in [1.807, 2.05) is 36.4 Å². The second-order valence-electron chi connectivity index (χ2n) is 5.15. The third kappa shape index (κ3) is 5.63. The average Bonchev–Trinajstić information content (AvgIpc) is 2.48. The van der Waals surface area contributed by atoms with E-state index in [9.17, 15) is 4.79 Å². The van der Waals surface area contributed by atoms with Crippen molar-refractivity contribution in [3.63, 3.8) is 0 Å². The Labute approximate surface area is 166 Å². The van der Waals surface area contributed by atoms with Gasteiger partial charge in [-0.05, 0) is 40.2 Å². The molecule has 1 aliphatic heterocycles. The minimum absolute atomic E-state index is 0. The maximum Gasteiger partial charge on any atom is 0.252 e. The van der Waals surface area contributed by atoms with E-state index in [0.29, 0.717) is 11.5 Å². The molecule has 0 radical (unpaired) electrons. The first-order valence-corrected chi connectivity index (χ1v) is 8.70. The van der Waals surface area contributed by atoms with Gasteiger partial charge in [-0.2, -0.15) is 0 Å². The normalized spacial score (nSPS) is 13.2. The van der Waals surface area contributed by atoms with Gasteiger partial charge in [-0.15, -0.1) is 24.8 Å². The maximum atomic E-state index is 12.4. The molecule has 2 aromatic rings. The third-order valence-corrected chi connectivity index (χ3v) is 4.96. The molecule has 8 heteroatoms. The highest BCUT2D eigenvalue weighted by molar-refractivity contribution is 9.10. The molecule has 2 N–H and O–H groups in total. The van der Waals surface area contributed by atoms with Crippen LogP contribution in [0.1, 0.15) is 10.4 Å². The van der Waals surface area contributed by atoms with Crippen molar-refractivity contribution in [2.24, 2.45) is 5.92 Å². The SMILES string of the molecule is Cl.Cl.O=C(NCC1CNC1)c1ccccc1Sc1ccc(Br)cn1. The predicted molar refractivity (Wildman–Crippen MR) is 106 cm³/mol. The lowest BCUT2D eigenvalue weighted by Crippen LogP contribution is -2.48. The number of carbonyl (C=O) groups excluding carboxylic acids is 1. The molecule has 3 rings (SSSR count). The predicted octanol–water partition coefficient (Wildman–Crippen LogP) is 3.79. The van der Waals surface area contributed by atoms with Gasteiger partial charge >= 0.3 is 0 Å². The molecule has 0 bridgehead atoms. The van der Waals surface area contributed by atoms with Crippen molar-refractivity contribution in [2.45, 2.75) is 9.92 Å². The minimum atomic E-state index is -0.0212. The summed E-state index contributed by atoms with van der Waals surface area (Å²) < 4.78 is 0.942.